The molecule has 0 aliphatic rings. The lowest BCUT2D eigenvalue weighted by Gasteiger charge is -2.09. The maximum atomic E-state index is 11.2. The first-order valence-electron chi connectivity index (χ1n) is 6.15. The molecule has 0 aliphatic carbocycles. The van der Waals surface area contributed by atoms with Crippen LogP contribution in [-0.2, 0) is 16.0 Å². The smallest absolute Gasteiger partial charge is 0.334 e. The van der Waals surface area contributed by atoms with E-state index >= 15 is 0 Å². The maximum absolute atomic E-state index is 11.2. The van der Waals surface area contributed by atoms with E-state index in [0.717, 1.165) is 24.2 Å². The molecule has 0 heterocycles. The summed E-state index contributed by atoms with van der Waals surface area (Å²) in [6.07, 6.45) is 0.973. The molecule has 1 aromatic carbocycles. The molecule has 0 saturated carbocycles. The van der Waals surface area contributed by atoms with E-state index in [0.29, 0.717) is 13.0 Å². The first kappa shape index (κ1) is 14.5. The third-order valence-electron chi connectivity index (χ3n) is 2.66. The van der Waals surface area contributed by atoms with Crippen LogP contribution in [0.4, 0.5) is 0 Å². The number of ether oxygens (including phenoxy) is 2. The summed E-state index contributed by atoms with van der Waals surface area (Å²) in [5, 5.41) is 9.51. The van der Waals surface area contributed by atoms with Gasteiger partial charge in [-0.1, -0.05) is 12.1 Å². The monoisotopic (exact) mass is 252 g/mol. The Morgan fingerprint density at radius 2 is 2.00 bits per heavy atom. The highest BCUT2D eigenvalue weighted by Crippen LogP contribution is 2.13. The number of carbonyl (C=O) groups is 1. The molecule has 100 valence electrons. The van der Waals surface area contributed by atoms with Crippen LogP contribution in [-0.4, -0.2) is 30.9 Å². The third kappa shape index (κ3) is 4.75. The normalized spacial score (nSPS) is 11.9. The predicted molar refractivity (Wildman–Crippen MR) is 68.6 cm³/mol. The zero-order chi connectivity index (χ0) is 13.4. The Kier molecular flexibility index (Phi) is 6.22. The fourth-order valence-corrected chi connectivity index (χ4v) is 1.65. The fourth-order valence-electron chi connectivity index (χ4n) is 1.65. The Hall–Kier alpha value is -1.55. The van der Waals surface area contributed by atoms with E-state index < -0.39 is 12.1 Å². The summed E-state index contributed by atoms with van der Waals surface area (Å²) in [6.45, 7) is 2.02. The highest BCUT2D eigenvalue weighted by atomic mass is 16.5. The molecule has 0 amide bonds. The van der Waals surface area contributed by atoms with Crippen LogP contribution in [0.15, 0.2) is 24.3 Å². The quantitative estimate of drug-likeness (QED) is 0.753. The second-order valence-corrected chi connectivity index (χ2v) is 4.01. The molecule has 4 nitrogen and oxygen atoms in total. The summed E-state index contributed by atoms with van der Waals surface area (Å²) in [4.78, 5) is 11.2. The van der Waals surface area contributed by atoms with Crippen LogP contribution in [0.3, 0.4) is 0 Å². The third-order valence-corrected chi connectivity index (χ3v) is 2.66. The van der Waals surface area contributed by atoms with Crippen molar-refractivity contribution in [3.8, 4) is 5.75 Å². The number of hydrogen-bond donors (Lipinski definition) is 1. The molecule has 18 heavy (non-hydrogen) atoms. The largest absolute Gasteiger partial charge is 0.497 e. The molecule has 1 rings (SSSR count). The van der Waals surface area contributed by atoms with Gasteiger partial charge in [0.05, 0.1) is 13.7 Å². The van der Waals surface area contributed by atoms with Crippen LogP contribution in [0.1, 0.15) is 25.3 Å². The zero-order valence-electron chi connectivity index (χ0n) is 10.9. The molecular formula is C14H20O4. The minimum absolute atomic E-state index is 0.300. The van der Waals surface area contributed by atoms with Crippen molar-refractivity contribution >= 4 is 5.97 Å². The zero-order valence-corrected chi connectivity index (χ0v) is 10.9. The molecule has 1 aromatic rings. The average Bonchev–Trinajstić information content (AvgIpc) is 2.39. The van der Waals surface area contributed by atoms with Crippen molar-refractivity contribution in [2.45, 2.75) is 32.3 Å². The summed E-state index contributed by atoms with van der Waals surface area (Å²) in [7, 11) is 1.63. The molecule has 1 N–H and O–H groups in total. The van der Waals surface area contributed by atoms with Crippen LogP contribution >= 0.6 is 0 Å². The van der Waals surface area contributed by atoms with Crippen molar-refractivity contribution in [2.24, 2.45) is 0 Å². The predicted octanol–water partition coefficient (Wildman–Crippen LogP) is 1.94. The average molecular weight is 252 g/mol. The van der Waals surface area contributed by atoms with Gasteiger partial charge in [0.25, 0.3) is 0 Å². The molecule has 0 radical (unpaired) electrons. The standard InChI is InChI=1S/C14H20O4/c1-3-18-14(16)13(15)6-4-5-11-7-9-12(17-2)10-8-11/h7-10,13,15H,3-6H2,1-2H3. The number of benzene rings is 1. The Morgan fingerprint density at radius 3 is 2.56 bits per heavy atom. The van der Waals surface area contributed by atoms with Gasteiger partial charge in [0.15, 0.2) is 6.10 Å². The molecule has 1 unspecified atom stereocenters. The fraction of sp³-hybridized carbons (Fsp3) is 0.500. The van der Waals surface area contributed by atoms with Gasteiger partial charge in [-0.15, -0.1) is 0 Å². The van der Waals surface area contributed by atoms with Gasteiger partial charge < -0.3 is 14.6 Å². The van der Waals surface area contributed by atoms with E-state index in [2.05, 4.69) is 0 Å². The van der Waals surface area contributed by atoms with Gasteiger partial charge in [0.2, 0.25) is 0 Å². The Morgan fingerprint density at radius 1 is 1.33 bits per heavy atom. The molecule has 4 heteroatoms. The lowest BCUT2D eigenvalue weighted by Crippen LogP contribution is -2.23. The topological polar surface area (TPSA) is 55.8 Å². The van der Waals surface area contributed by atoms with Crippen molar-refractivity contribution in [3.05, 3.63) is 29.8 Å². The van der Waals surface area contributed by atoms with Gasteiger partial charge in [-0.25, -0.2) is 4.79 Å². The number of methoxy groups -OCH3 is 1. The van der Waals surface area contributed by atoms with Crippen LogP contribution < -0.4 is 4.74 Å². The van der Waals surface area contributed by atoms with Gasteiger partial charge in [-0.05, 0) is 43.9 Å². The number of aryl methyl sites for hydroxylation is 1. The Labute approximate surface area is 108 Å². The Bertz CT molecular complexity index is 359. The molecular weight excluding hydrogens is 232 g/mol. The van der Waals surface area contributed by atoms with Crippen molar-refractivity contribution in [1.82, 2.24) is 0 Å². The van der Waals surface area contributed by atoms with Crippen LogP contribution in [0.2, 0.25) is 0 Å². The number of rotatable bonds is 7. The van der Waals surface area contributed by atoms with E-state index in [-0.39, 0.29) is 0 Å². The molecule has 0 spiro atoms. The molecule has 1 atom stereocenters. The minimum Gasteiger partial charge on any atom is -0.497 e. The van der Waals surface area contributed by atoms with E-state index in [9.17, 15) is 9.90 Å². The van der Waals surface area contributed by atoms with Gasteiger partial charge in [0, 0.05) is 0 Å². The number of carbonyl (C=O) groups excluding carboxylic acids is 1. The summed E-state index contributed by atoms with van der Waals surface area (Å²) < 4.78 is 9.80. The van der Waals surface area contributed by atoms with Gasteiger partial charge in [-0.3, -0.25) is 0 Å². The van der Waals surface area contributed by atoms with Crippen molar-refractivity contribution in [3.63, 3.8) is 0 Å². The van der Waals surface area contributed by atoms with Crippen molar-refractivity contribution in [1.29, 1.82) is 0 Å². The lowest BCUT2D eigenvalue weighted by atomic mass is 10.1. The summed E-state index contributed by atoms with van der Waals surface area (Å²) in [5.41, 5.74) is 1.16. The molecule has 0 fully saturated rings. The Balaban J connectivity index is 2.30. The van der Waals surface area contributed by atoms with Crippen LogP contribution in [0, 0.1) is 0 Å². The van der Waals surface area contributed by atoms with Gasteiger partial charge >= 0.3 is 5.97 Å². The van der Waals surface area contributed by atoms with E-state index in [1.807, 2.05) is 24.3 Å². The first-order valence-corrected chi connectivity index (χ1v) is 6.15. The number of aliphatic hydroxyl groups excluding tert-OH is 1. The van der Waals surface area contributed by atoms with Gasteiger partial charge in [0.1, 0.15) is 5.75 Å². The number of hydrogen-bond acceptors (Lipinski definition) is 4. The first-order chi connectivity index (χ1) is 8.67. The minimum atomic E-state index is -1.01. The van der Waals surface area contributed by atoms with E-state index in [1.165, 1.54) is 0 Å². The maximum Gasteiger partial charge on any atom is 0.334 e. The lowest BCUT2D eigenvalue weighted by molar-refractivity contribution is -0.153. The van der Waals surface area contributed by atoms with E-state index in [1.54, 1.807) is 14.0 Å². The number of esters is 1. The van der Waals surface area contributed by atoms with Crippen molar-refractivity contribution in [2.75, 3.05) is 13.7 Å². The van der Waals surface area contributed by atoms with Gasteiger partial charge in [-0.2, -0.15) is 0 Å². The highest BCUT2D eigenvalue weighted by Gasteiger charge is 2.15. The van der Waals surface area contributed by atoms with Crippen LogP contribution in [0.5, 0.6) is 5.75 Å². The highest BCUT2D eigenvalue weighted by molar-refractivity contribution is 5.74. The summed E-state index contributed by atoms with van der Waals surface area (Å²) >= 11 is 0. The molecule has 0 saturated heterocycles. The van der Waals surface area contributed by atoms with Crippen molar-refractivity contribution < 1.29 is 19.4 Å². The number of aliphatic hydroxyl groups is 1. The summed E-state index contributed by atoms with van der Waals surface area (Å²) in [5.74, 6) is 0.289. The summed E-state index contributed by atoms with van der Waals surface area (Å²) in [6, 6.07) is 7.76. The second kappa shape index (κ2) is 7.71. The van der Waals surface area contributed by atoms with E-state index in [4.69, 9.17) is 9.47 Å². The molecule has 0 bridgehead atoms. The second-order valence-electron chi connectivity index (χ2n) is 4.01. The molecule has 0 aliphatic heterocycles. The van der Waals surface area contributed by atoms with Crippen LogP contribution in [0.25, 0.3) is 0 Å². The SMILES string of the molecule is CCOC(=O)C(O)CCCc1ccc(OC)cc1. The molecule has 0 aromatic heterocycles.